The van der Waals surface area contributed by atoms with E-state index in [-0.39, 0.29) is 11.2 Å². The SMILES string of the molecule is COc1cc(-c2cnc(-c3ccc(N4CC(C)(C)c5ccccc54)cc3)s2)cc(F)c1O. The van der Waals surface area contributed by atoms with E-state index in [9.17, 15) is 9.50 Å². The Hall–Kier alpha value is -3.38. The minimum atomic E-state index is -0.715. The van der Waals surface area contributed by atoms with E-state index in [0.29, 0.717) is 5.56 Å². The fourth-order valence-corrected chi connectivity index (χ4v) is 5.18. The number of thiazole rings is 1. The van der Waals surface area contributed by atoms with Gasteiger partial charge in [0.15, 0.2) is 17.3 Å². The number of nitrogens with zero attached hydrogens (tertiary/aromatic N) is 2. The second-order valence-electron chi connectivity index (χ2n) is 8.57. The summed E-state index contributed by atoms with van der Waals surface area (Å²) in [6, 6.07) is 19.9. The van der Waals surface area contributed by atoms with E-state index in [0.717, 1.165) is 27.7 Å². The molecule has 0 fully saturated rings. The lowest BCUT2D eigenvalue weighted by atomic mass is 9.87. The Morgan fingerprint density at radius 2 is 1.81 bits per heavy atom. The average Bonchev–Trinajstić information content (AvgIpc) is 3.39. The largest absolute Gasteiger partial charge is 0.502 e. The number of ether oxygens (including phenoxy) is 1. The molecule has 0 amide bonds. The molecular formula is C26H23FN2O2S. The van der Waals surface area contributed by atoms with Gasteiger partial charge >= 0.3 is 0 Å². The average molecular weight is 447 g/mol. The maximum absolute atomic E-state index is 14.0. The lowest BCUT2D eigenvalue weighted by molar-refractivity contribution is 0.357. The van der Waals surface area contributed by atoms with Crippen molar-refractivity contribution in [2.75, 3.05) is 18.6 Å². The van der Waals surface area contributed by atoms with Crippen LogP contribution in [0.15, 0.2) is 66.9 Å². The van der Waals surface area contributed by atoms with E-state index in [4.69, 9.17) is 4.74 Å². The summed E-state index contributed by atoms with van der Waals surface area (Å²) in [6.07, 6.45) is 1.72. The van der Waals surface area contributed by atoms with Crippen LogP contribution in [-0.2, 0) is 5.41 Å². The number of aromatic nitrogens is 1. The number of halogens is 1. The van der Waals surface area contributed by atoms with Gasteiger partial charge in [-0.2, -0.15) is 0 Å². The van der Waals surface area contributed by atoms with Crippen LogP contribution in [0.4, 0.5) is 15.8 Å². The van der Waals surface area contributed by atoms with Gasteiger partial charge in [-0.1, -0.05) is 32.0 Å². The number of phenolic OH excluding ortho intramolecular Hbond substituents is 1. The Labute approximate surface area is 190 Å². The van der Waals surface area contributed by atoms with Crippen molar-refractivity contribution in [3.8, 4) is 32.5 Å². The van der Waals surface area contributed by atoms with Crippen molar-refractivity contribution in [2.45, 2.75) is 19.3 Å². The predicted octanol–water partition coefficient (Wildman–Crippen LogP) is 6.76. The first-order valence-electron chi connectivity index (χ1n) is 10.4. The number of hydrogen-bond acceptors (Lipinski definition) is 5. The van der Waals surface area contributed by atoms with Crippen LogP contribution in [0.25, 0.3) is 21.0 Å². The van der Waals surface area contributed by atoms with Crippen molar-refractivity contribution >= 4 is 22.7 Å². The number of fused-ring (bicyclic) bond motifs is 1. The molecule has 0 atom stereocenters. The maximum Gasteiger partial charge on any atom is 0.194 e. The topological polar surface area (TPSA) is 45.6 Å². The predicted molar refractivity (Wildman–Crippen MR) is 128 cm³/mol. The number of phenols is 1. The van der Waals surface area contributed by atoms with Crippen molar-refractivity contribution in [1.29, 1.82) is 0 Å². The molecule has 6 heteroatoms. The second kappa shape index (κ2) is 7.64. The molecule has 4 aromatic rings. The Kier molecular flexibility index (Phi) is 4.90. The Balaban J connectivity index is 1.43. The van der Waals surface area contributed by atoms with Gasteiger partial charge in [-0.3, -0.25) is 0 Å². The van der Waals surface area contributed by atoms with Crippen molar-refractivity contribution in [3.63, 3.8) is 0 Å². The number of hydrogen-bond donors (Lipinski definition) is 1. The smallest absolute Gasteiger partial charge is 0.194 e. The zero-order valence-electron chi connectivity index (χ0n) is 18.1. The summed E-state index contributed by atoms with van der Waals surface area (Å²) in [4.78, 5) is 7.70. The molecule has 1 N–H and O–H groups in total. The highest BCUT2D eigenvalue weighted by atomic mass is 32.1. The highest BCUT2D eigenvalue weighted by Gasteiger charge is 2.35. The highest BCUT2D eigenvalue weighted by molar-refractivity contribution is 7.18. The molecule has 5 rings (SSSR count). The molecular weight excluding hydrogens is 423 g/mol. The number of para-hydroxylation sites is 1. The summed E-state index contributed by atoms with van der Waals surface area (Å²) >= 11 is 1.47. The number of rotatable bonds is 4. The number of aromatic hydroxyl groups is 1. The van der Waals surface area contributed by atoms with E-state index in [1.54, 1.807) is 12.3 Å². The first kappa shape index (κ1) is 20.5. The van der Waals surface area contributed by atoms with E-state index in [1.807, 2.05) is 0 Å². The van der Waals surface area contributed by atoms with Crippen LogP contribution < -0.4 is 9.64 Å². The van der Waals surface area contributed by atoms with Crippen molar-refractivity contribution in [3.05, 3.63) is 78.2 Å². The molecule has 1 aliphatic heterocycles. The summed E-state index contributed by atoms with van der Waals surface area (Å²) in [5.74, 6) is -1.09. The third-order valence-corrected chi connectivity index (χ3v) is 7.04. The van der Waals surface area contributed by atoms with Crippen LogP contribution in [0, 0.1) is 5.82 Å². The third kappa shape index (κ3) is 3.41. The van der Waals surface area contributed by atoms with Crippen LogP contribution in [0.1, 0.15) is 19.4 Å². The standard InChI is InChI=1S/C26H23FN2O2S/c1-26(2)15-29(21-7-5-4-6-19(21)26)18-10-8-16(9-11-18)25-28-14-23(32-25)17-12-20(27)24(30)22(13-17)31-3/h4-14,30H,15H2,1-3H3. The second-order valence-corrected chi connectivity index (χ2v) is 9.60. The van der Waals surface area contributed by atoms with Gasteiger partial charge in [0.25, 0.3) is 0 Å². The quantitative estimate of drug-likeness (QED) is 0.376. The highest BCUT2D eigenvalue weighted by Crippen LogP contribution is 2.44. The van der Waals surface area contributed by atoms with E-state index < -0.39 is 11.6 Å². The molecule has 3 aromatic carbocycles. The lowest BCUT2D eigenvalue weighted by Crippen LogP contribution is -2.24. The van der Waals surface area contributed by atoms with Crippen molar-refractivity contribution < 1.29 is 14.2 Å². The van der Waals surface area contributed by atoms with Gasteiger partial charge in [0.2, 0.25) is 0 Å². The fraction of sp³-hybridized carbons (Fsp3) is 0.192. The molecule has 0 saturated carbocycles. The van der Waals surface area contributed by atoms with Gasteiger partial charge < -0.3 is 14.7 Å². The van der Waals surface area contributed by atoms with Crippen LogP contribution in [-0.4, -0.2) is 23.7 Å². The molecule has 4 nitrogen and oxygen atoms in total. The molecule has 0 spiro atoms. The normalized spacial score (nSPS) is 14.4. The summed E-state index contributed by atoms with van der Waals surface area (Å²) in [5.41, 5.74) is 5.49. The van der Waals surface area contributed by atoms with Gasteiger partial charge in [0.05, 0.1) is 12.0 Å². The molecule has 162 valence electrons. The maximum atomic E-state index is 14.0. The van der Waals surface area contributed by atoms with Gasteiger partial charge in [0, 0.05) is 40.7 Å². The van der Waals surface area contributed by atoms with E-state index in [2.05, 4.69) is 72.3 Å². The lowest BCUT2D eigenvalue weighted by Gasteiger charge is -2.22. The summed E-state index contributed by atoms with van der Waals surface area (Å²) in [6.45, 7) is 5.48. The molecule has 1 aliphatic rings. The minimum absolute atomic E-state index is 0.0971. The summed E-state index contributed by atoms with van der Waals surface area (Å²) in [5, 5.41) is 10.6. The number of benzene rings is 3. The first-order valence-corrected chi connectivity index (χ1v) is 11.2. The number of anilines is 2. The van der Waals surface area contributed by atoms with E-state index >= 15 is 0 Å². The van der Waals surface area contributed by atoms with Gasteiger partial charge in [-0.05, 0) is 48.0 Å². The Bertz CT molecular complexity index is 1300. The minimum Gasteiger partial charge on any atom is -0.502 e. The Morgan fingerprint density at radius 3 is 2.56 bits per heavy atom. The van der Waals surface area contributed by atoms with Crippen molar-refractivity contribution in [2.24, 2.45) is 0 Å². The van der Waals surface area contributed by atoms with Crippen LogP contribution >= 0.6 is 11.3 Å². The van der Waals surface area contributed by atoms with Crippen LogP contribution in [0.2, 0.25) is 0 Å². The van der Waals surface area contributed by atoms with Crippen LogP contribution in [0.5, 0.6) is 11.5 Å². The summed E-state index contributed by atoms with van der Waals surface area (Å²) in [7, 11) is 1.40. The molecule has 0 saturated heterocycles. The zero-order chi connectivity index (χ0) is 22.5. The summed E-state index contributed by atoms with van der Waals surface area (Å²) < 4.78 is 19.1. The first-order chi connectivity index (χ1) is 15.4. The van der Waals surface area contributed by atoms with Gasteiger partial charge in [-0.25, -0.2) is 9.37 Å². The Morgan fingerprint density at radius 1 is 1.06 bits per heavy atom. The molecule has 32 heavy (non-hydrogen) atoms. The molecule has 0 radical (unpaired) electrons. The number of methoxy groups -OCH3 is 1. The monoisotopic (exact) mass is 446 g/mol. The molecule has 0 unspecified atom stereocenters. The molecule has 0 aliphatic carbocycles. The van der Waals surface area contributed by atoms with Crippen LogP contribution in [0.3, 0.4) is 0 Å². The fourth-order valence-electron chi connectivity index (χ4n) is 4.27. The zero-order valence-corrected chi connectivity index (χ0v) is 18.9. The third-order valence-electron chi connectivity index (χ3n) is 5.94. The van der Waals surface area contributed by atoms with E-state index in [1.165, 1.54) is 35.8 Å². The molecule has 1 aromatic heterocycles. The van der Waals surface area contributed by atoms with Gasteiger partial charge in [-0.15, -0.1) is 11.3 Å². The molecule has 2 heterocycles. The molecule has 0 bridgehead atoms. The van der Waals surface area contributed by atoms with Crippen molar-refractivity contribution in [1.82, 2.24) is 4.98 Å². The van der Waals surface area contributed by atoms with Gasteiger partial charge in [0.1, 0.15) is 5.01 Å².